The minimum absolute atomic E-state index is 0.0781. The van der Waals surface area contributed by atoms with Gasteiger partial charge in [-0.25, -0.2) is 0 Å². The summed E-state index contributed by atoms with van der Waals surface area (Å²) in [6, 6.07) is 13.9. The minimum atomic E-state index is -0.105. The summed E-state index contributed by atoms with van der Waals surface area (Å²) in [5.41, 5.74) is 3.37. The van der Waals surface area contributed by atoms with Gasteiger partial charge in [0, 0.05) is 11.6 Å². The van der Waals surface area contributed by atoms with Crippen LogP contribution in [-0.2, 0) is 11.2 Å². The molecule has 0 saturated carbocycles. The zero-order chi connectivity index (χ0) is 17.6. The Morgan fingerprint density at radius 2 is 2.00 bits per heavy atom. The van der Waals surface area contributed by atoms with Crippen molar-refractivity contribution < 1.29 is 14.3 Å². The summed E-state index contributed by atoms with van der Waals surface area (Å²) in [6.45, 7) is 0. The molecule has 1 N–H and O–H groups in total. The molecule has 0 unspecified atom stereocenters. The van der Waals surface area contributed by atoms with Crippen molar-refractivity contribution in [2.45, 2.75) is 25.3 Å². The van der Waals surface area contributed by atoms with Crippen LogP contribution in [0.2, 0.25) is 0 Å². The second-order valence-electron chi connectivity index (χ2n) is 6.09. The fraction of sp³-hybridized carbons (Fsp3) is 0.286. The molecule has 0 spiro atoms. The molecule has 1 aliphatic rings. The Labute approximate surface area is 148 Å². The Balaban J connectivity index is 1.72. The molecule has 0 aromatic heterocycles. The van der Waals surface area contributed by atoms with Crippen molar-refractivity contribution >= 4 is 12.0 Å². The molecule has 0 aliphatic heterocycles. The van der Waals surface area contributed by atoms with Crippen LogP contribution in [-0.4, -0.2) is 20.1 Å². The van der Waals surface area contributed by atoms with Crippen molar-refractivity contribution in [1.29, 1.82) is 0 Å². The average molecular weight is 337 g/mol. The van der Waals surface area contributed by atoms with Crippen molar-refractivity contribution in [2.24, 2.45) is 0 Å². The van der Waals surface area contributed by atoms with Crippen LogP contribution >= 0.6 is 0 Å². The third kappa shape index (κ3) is 4.02. The first-order chi connectivity index (χ1) is 12.2. The third-order valence-corrected chi connectivity index (χ3v) is 4.54. The number of hydrogen-bond acceptors (Lipinski definition) is 3. The number of hydrogen-bond donors (Lipinski definition) is 1. The molecule has 1 aliphatic carbocycles. The number of nitrogens with one attached hydrogen (secondary N) is 1. The lowest BCUT2D eigenvalue weighted by Gasteiger charge is -2.25. The van der Waals surface area contributed by atoms with E-state index >= 15 is 0 Å². The first kappa shape index (κ1) is 17.1. The van der Waals surface area contributed by atoms with Gasteiger partial charge < -0.3 is 14.8 Å². The summed E-state index contributed by atoms with van der Waals surface area (Å²) in [6.07, 6.45) is 6.45. The number of aryl methyl sites for hydroxylation is 1. The highest BCUT2D eigenvalue weighted by Gasteiger charge is 2.20. The highest BCUT2D eigenvalue weighted by molar-refractivity contribution is 5.92. The van der Waals surface area contributed by atoms with Gasteiger partial charge in [-0.1, -0.05) is 24.3 Å². The maximum atomic E-state index is 12.4. The van der Waals surface area contributed by atoms with E-state index < -0.39 is 0 Å². The zero-order valence-electron chi connectivity index (χ0n) is 14.6. The number of amides is 1. The molecule has 3 rings (SSSR count). The molecule has 0 fully saturated rings. The van der Waals surface area contributed by atoms with Crippen molar-refractivity contribution in [3.05, 3.63) is 65.2 Å². The van der Waals surface area contributed by atoms with Gasteiger partial charge in [0.2, 0.25) is 5.91 Å². The summed E-state index contributed by atoms with van der Waals surface area (Å²) in [5.74, 6) is 1.32. The van der Waals surface area contributed by atoms with Crippen molar-refractivity contribution in [2.75, 3.05) is 14.2 Å². The number of benzene rings is 2. The number of methoxy groups -OCH3 is 2. The maximum Gasteiger partial charge on any atom is 0.244 e. The third-order valence-electron chi connectivity index (χ3n) is 4.54. The molecule has 2 aromatic rings. The first-order valence-corrected chi connectivity index (χ1v) is 8.49. The minimum Gasteiger partial charge on any atom is -0.497 e. The van der Waals surface area contributed by atoms with Crippen LogP contribution in [0, 0.1) is 0 Å². The van der Waals surface area contributed by atoms with Crippen molar-refractivity contribution in [1.82, 2.24) is 5.32 Å². The van der Waals surface area contributed by atoms with Crippen molar-refractivity contribution in [3.63, 3.8) is 0 Å². The number of carbonyl (C=O) groups excluding carboxylic acids is 1. The number of carbonyl (C=O) groups is 1. The van der Waals surface area contributed by atoms with E-state index in [1.165, 1.54) is 11.1 Å². The SMILES string of the molecule is COc1ccc(OC)c(/C=C/C(=O)N[C@H]2CCCc3ccccc32)c1. The van der Waals surface area contributed by atoms with Gasteiger partial charge in [-0.2, -0.15) is 0 Å². The van der Waals surface area contributed by atoms with Gasteiger partial charge in [-0.3, -0.25) is 4.79 Å². The lowest BCUT2D eigenvalue weighted by atomic mass is 9.88. The summed E-state index contributed by atoms with van der Waals surface area (Å²) in [5, 5.41) is 3.11. The number of ether oxygens (including phenoxy) is 2. The van der Waals surface area contributed by atoms with Crippen LogP contribution in [0.3, 0.4) is 0 Å². The largest absolute Gasteiger partial charge is 0.497 e. The Kier molecular flexibility index (Phi) is 5.39. The van der Waals surface area contributed by atoms with Crippen LogP contribution in [0.4, 0.5) is 0 Å². The Morgan fingerprint density at radius 3 is 2.80 bits per heavy atom. The molecule has 0 saturated heterocycles. The molecular formula is C21H23NO3. The fourth-order valence-corrected chi connectivity index (χ4v) is 3.26. The average Bonchev–Trinajstić information content (AvgIpc) is 2.66. The second-order valence-corrected chi connectivity index (χ2v) is 6.09. The molecule has 1 amide bonds. The van der Waals surface area contributed by atoms with Gasteiger partial charge in [-0.15, -0.1) is 0 Å². The monoisotopic (exact) mass is 337 g/mol. The van der Waals surface area contributed by atoms with E-state index in [0.717, 1.165) is 30.6 Å². The Bertz CT molecular complexity index is 782. The molecular weight excluding hydrogens is 314 g/mol. The van der Waals surface area contributed by atoms with E-state index in [1.807, 2.05) is 24.3 Å². The molecule has 4 heteroatoms. The predicted octanol–water partition coefficient (Wildman–Crippen LogP) is 3.91. The van der Waals surface area contributed by atoms with Gasteiger partial charge in [-0.05, 0) is 54.7 Å². The molecule has 4 nitrogen and oxygen atoms in total. The van der Waals surface area contributed by atoms with Crippen LogP contribution < -0.4 is 14.8 Å². The van der Waals surface area contributed by atoms with E-state index in [0.29, 0.717) is 5.75 Å². The topological polar surface area (TPSA) is 47.6 Å². The number of rotatable bonds is 5. The smallest absolute Gasteiger partial charge is 0.244 e. The van der Waals surface area contributed by atoms with Crippen LogP contribution in [0.5, 0.6) is 11.5 Å². The molecule has 2 aromatic carbocycles. The lowest BCUT2D eigenvalue weighted by molar-refractivity contribution is -0.117. The molecule has 0 radical (unpaired) electrons. The van der Waals surface area contributed by atoms with Gasteiger partial charge >= 0.3 is 0 Å². The Hall–Kier alpha value is -2.75. The van der Waals surface area contributed by atoms with Gasteiger partial charge in [0.05, 0.1) is 20.3 Å². The molecule has 130 valence electrons. The first-order valence-electron chi connectivity index (χ1n) is 8.49. The summed E-state index contributed by atoms with van der Waals surface area (Å²) in [7, 11) is 3.22. The van der Waals surface area contributed by atoms with Crippen LogP contribution in [0.15, 0.2) is 48.5 Å². The standard InChI is InChI=1S/C21H23NO3/c1-24-17-11-12-20(25-2)16(14-17)10-13-21(23)22-19-9-5-7-15-6-3-4-8-18(15)19/h3-4,6,8,10-14,19H,5,7,9H2,1-2H3,(H,22,23)/b13-10+/t19-/m0/s1. The van der Waals surface area contributed by atoms with Crippen molar-refractivity contribution in [3.8, 4) is 11.5 Å². The highest BCUT2D eigenvalue weighted by Crippen LogP contribution is 2.29. The summed E-state index contributed by atoms with van der Waals surface area (Å²) >= 11 is 0. The highest BCUT2D eigenvalue weighted by atomic mass is 16.5. The van der Waals surface area contributed by atoms with E-state index in [2.05, 4.69) is 23.5 Å². The molecule has 25 heavy (non-hydrogen) atoms. The number of fused-ring (bicyclic) bond motifs is 1. The lowest BCUT2D eigenvalue weighted by Crippen LogP contribution is -2.29. The van der Waals surface area contributed by atoms with Gasteiger partial charge in [0.25, 0.3) is 0 Å². The maximum absolute atomic E-state index is 12.4. The molecule has 1 atom stereocenters. The quantitative estimate of drug-likeness (QED) is 0.842. The zero-order valence-corrected chi connectivity index (χ0v) is 14.6. The van der Waals surface area contributed by atoms with E-state index in [9.17, 15) is 4.79 Å². The summed E-state index contributed by atoms with van der Waals surface area (Å²) < 4.78 is 10.6. The predicted molar refractivity (Wildman–Crippen MR) is 98.8 cm³/mol. The molecule has 0 heterocycles. The fourth-order valence-electron chi connectivity index (χ4n) is 3.26. The van der Waals surface area contributed by atoms with E-state index in [-0.39, 0.29) is 11.9 Å². The normalized spacial score (nSPS) is 16.3. The van der Waals surface area contributed by atoms with E-state index in [4.69, 9.17) is 9.47 Å². The van der Waals surface area contributed by atoms with Crippen LogP contribution in [0.1, 0.15) is 35.6 Å². The van der Waals surface area contributed by atoms with Gasteiger partial charge in [0.1, 0.15) is 11.5 Å². The Morgan fingerprint density at radius 1 is 1.16 bits per heavy atom. The second kappa shape index (κ2) is 7.88. The van der Waals surface area contributed by atoms with Crippen LogP contribution in [0.25, 0.3) is 6.08 Å². The van der Waals surface area contributed by atoms with Gasteiger partial charge in [0.15, 0.2) is 0 Å². The molecule has 0 bridgehead atoms. The summed E-state index contributed by atoms with van der Waals surface area (Å²) in [4.78, 5) is 12.4. The van der Waals surface area contributed by atoms with E-state index in [1.54, 1.807) is 26.4 Å².